The first-order chi connectivity index (χ1) is 13.9. The minimum atomic E-state index is -3.54. The van der Waals surface area contributed by atoms with E-state index in [2.05, 4.69) is 0 Å². The summed E-state index contributed by atoms with van der Waals surface area (Å²) in [5.41, 5.74) is -0.944. The predicted octanol–water partition coefficient (Wildman–Crippen LogP) is 3.06. The summed E-state index contributed by atoms with van der Waals surface area (Å²) in [6.45, 7) is 5.47. The molecule has 0 bridgehead atoms. The average Bonchev–Trinajstić information content (AvgIpc) is 2.92. The van der Waals surface area contributed by atoms with Crippen molar-refractivity contribution in [2.45, 2.75) is 78.2 Å². The maximum atomic E-state index is 13.2. The van der Waals surface area contributed by atoms with Crippen molar-refractivity contribution >= 4 is 27.7 Å². The first kappa shape index (κ1) is 23.4. The summed E-state index contributed by atoms with van der Waals surface area (Å²) in [4.78, 5) is 37.2. The van der Waals surface area contributed by atoms with E-state index in [0.29, 0.717) is 25.7 Å². The topological polar surface area (TPSA) is 104 Å². The highest BCUT2D eigenvalue weighted by Gasteiger charge is 2.58. The molecule has 3 fully saturated rings. The average molecular weight is 443 g/mol. The van der Waals surface area contributed by atoms with Gasteiger partial charge in [0.15, 0.2) is 0 Å². The maximum Gasteiger partial charge on any atom is 0.302 e. The summed E-state index contributed by atoms with van der Waals surface area (Å²) in [7, 11) is -3.54. The zero-order valence-corrected chi connectivity index (χ0v) is 19.3. The van der Waals surface area contributed by atoms with Crippen LogP contribution < -0.4 is 0 Å². The highest BCUT2D eigenvalue weighted by Crippen LogP contribution is 2.60. The summed E-state index contributed by atoms with van der Waals surface area (Å²) < 4.78 is 33.3. The maximum absolute atomic E-state index is 13.2. The van der Waals surface area contributed by atoms with E-state index in [1.54, 1.807) is 0 Å². The third-order valence-electron chi connectivity index (χ3n) is 8.08. The van der Waals surface area contributed by atoms with Gasteiger partial charge in [-0.15, -0.1) is 0 Å². The normalized spacial score (nSPS) is 39.6. The molecule has 3 rings (SSSR count). The molecule has 30 heavy (non-hydrogen) atoms. The molecule has 0 radical (unpaired) electrons. The number of rotatable bonds is 6. The van der Waals surface area contributed by atoms with Crippen LogP contribution in [0.25, 0.3) is 0 Å². The lowest BCUT2D eigenvalue weighted by atomic mass is 9.51. The molecule has 0 saturated heterocycles. The van der Waals surface area contributed by atoms with Gasteiger partial charge in [0.25, 0.3) is 10.1 Å². The fraction of sp³-hybridized carbons (Fsp3) is 0.864. The number of Topliss-reactive ketones (excluding diaryl/α,β-unsaturated/α-hetero) is 2. The minimum absolute atomic E-state index is 0.0520. The van der Waals surface area contributed by atoms with E-state index >= 15 is 0 Å². The predicted molar refractivity (Wildman–Crippen MR) is 110 cm³/mol. The van der Waals surface area contributed by atoms with Gasteiger partial charge >= 0.3 is 5.97 Å². The molecule has 0 aromatic carbocycles. The van der Waals surface area contributed by atoms with Crippen LogP contribution in [0.15, 0.2) is 0 Å². The van der Waals surface area contributed by atoms with Crippen molar-refractivity contribution in [3.63, 3.8) is 0 Å². The number of ether oxygens (including phenoxy) is 1. The Bertz CT molecular complexity index is 819. The molecule has 8 heteroatoms. The Morgan fingerprint density at radius 3 is 2.23 bits per heavy atom. The van der Waals surface area contributed by atoms with E-state index in [0.717, 1.165) is 25.5 Å². The number of hydrogen-bond acceptors (Lipinski definition) is 7. The van der Waals surface area contributed by atoms with E-state index in [4.69, 9.17) is 8.92 Å². The summed E-state index contributed by atoms with van der Waals surface area (Å²) in [5.74, 6) is 0.279. The van der Waals surface area contributed by atoms with E-state index in [1.807, 2.05) is 13.8 Å². The van der Waals surface area contributed by atoms with E-state index < -0.39 is 15.5 Å². The molecule has 3 saturated carbocycles. The lowest BCUT2D eigenvalue weighted by Gasteiger charge is -2.52. The van der Waals surface area contributed by atoms with Crippen LogP contribution in [0.5, 0.6) is 0 Å². The number of fused-ring (bicyclic) bond motifs is 1. The van der Waals surface area contributed by atoms with Gasteiger partial charge < -0.3 is 4.74 Å². The number of carbonyl (C=O) groups excluding carboxylic acids is 3. The first-order valence-electron chi connectivity index (χ1n) is 10.9. The van der Waals surface area contributed by atoms with Crippen LogP contribution in [0.1, 0.15) is 72.1 Å². The zero-order chi connectivity index (χ0) is 22.3. The summed E-state index contributed by atoms with van der Waals surface area (Å²) in [5, 5.41) is 0. The Morgan fingerprint density at radius 2 is 1.63 bits per heavy atom. The second kappa shape index (κ2) is 8.34. The molecule has 0 N–H and O–H groups in total. The van der Waals surface area contributed by atoms with Crippen LogP contribution in [0.4, 0.5) is 0 Å². The van der Waals surface area contributed by atoms with Crippen molar-refractivity contribution < 1.29 is 31.7 Å². The number of hydrogen-bond donors (Lipinski definition) is 0. The molecule has 0 heterocycles. The lowest BCUT2D eigenvalue weighted by Crippen LogP contribution is -2.52. The molecule has 3 aliphatic rings. The molecular formula is C22H34O7S. The molecule has 0 aliphatic heterocycles. The zero-order valence-electron chi connectivity index (χ0n) is 18.4. The number of ketones is 2. The van der Waals surface area contributed by atoms with E-state index in [1.165, 1.54) is 6.92 Å². The largest absolute Gasteiger partial charge is 0.462 e. The summed E-state index contributed by atoms with van der Waals surface area (Å²) >= 11 is 0. The molecular weight excluding hydrogens is 408 g/mol. The second-order valence-corrected chi connectivity index (χ2v) is 11.6. The minimum Gasteiger partial charge on any atom is -0.462 e. The smallest absolute Gasteiger partial charge is 0.302 e. The van der Waals surface area contributed by atoms with Gasteiger partial charge in [0.1, 0.15) is 17.7 Å². The van der Waals surface area contributed by atoms with Crippen LogP contribution >= 0.6 is 0 Å². The van der Waals surface area contributed by atoms with Crippen molar-refractivity contribution in [2.75, 3.05) is 12.9 Å². The van der Waals surface area contributed by atoms with Crippen LogP contribution in [0.2, 0.25) is 0 Å². The summed E-state index contributed by atoms with van der Waals surface area (Å²) in [6, 6.07) is 0. The van der Waals surface area contributed by atoms with Gasteiger partial charge in [0, 0.05) is 30.6 Å². The highest BCUT2D eigenvalue weighted by atomic mass is 32.2. The molecule has 0 aromatic heterocycles. The van der Waals surface area contributed by atoms with Gasteiger partial charge in [-0.05, 0) is 56.3 Å². The molecule has 6 atom stereocenters. The Morgan fingerprint density at radius 1 is 1.03 bits per heavy atom. The molecule has 0 amide bonds. The fourth-order valence-electron chi connectivity index (χ4n) is 6.46. The molecule has 0 spiro atoms. The third-order valence-corrected chi connectivity index (χ3v) is 8.68. The second-order valence-electron chi connectivity index (χ2n) is 9.92. The van der Waals surface area contributed by atoms with Crippen molar-refractivity contribution in [1.29, 1.82) is 0 Å². The molecule has 2 unspecified atom stereocenters. The number of carbonyl (C=O) groups is 3. The van der Waals surface area contributed by atoms with Gasteiger partial charge in [0.05, 0.1) is 12.9 Å². The van der Waals surface area contributed by atoms with Crippen LogP contribution in [0.3, 0.4) is 0 Å². The van der Waals surface area contributed by atoms with Gasteiger partial charge in [-0.3, -0.25) is 18.6 Å². The molecule has 0 aromatic rings. The Hall–Kier alpha value is -1.28. The Labute approximate surface area is 179 Å². The van der Waals surface area contributed by atoms with Gasteiger partial charge in [-0.1, -0.05) is 13.8 Å². The quantitative estimate of drug-likeness (QED) is 0.460. The van der Waals surface area contributed by atoms with Crippen molar-refractivity contribution in [2.24, 2.45) is 28.6 Å². The Kier molecular flexibility index (Phi) is 6.50. The van der Waals surface area contributed by atoms with Crippen molar-refractivity contribution in [3.8, 4) is 0 Å². The standard InChI is InChI=1S/C22H34O7S/c1-14(23)29-15-7-10-22(3,20(25)13-15)18-8-11-21(2)17(5-6-19(21)24)16(18)9-12-28-30(4,26)27/h15-18H,5-13H2,1-4H3/t15-,16-,17?,18?,21-,22+/m0/s1. The van der Waals surface area contributed by atoms with Crippen LogP contribution in [-0.2, 0) is 33.4 Å². The van der Waals surface area contributed by atoms with Crippen LogP contribution in [0, 0.1) is 28.6 Å². The van der Waals surface area contributed by atoms with Gasteiger partial charge in [-0.25, -0.2) is 0 Å². The van der Waals surface area contributed by atoms with E-state index in [9.17, 15) is 22.8 Å². The van der Waals surface area contributed by atoms with Crippen molar-refractivity contribution in [3.05, 3.63) is 0 Å². The Balaban J connectivity index is 1.83. The molecule has 3 aliphatic carbocycles. The third kappa shape index (κ3) is 4.49. The van der Waals surface area contributed by atoms with Crippen molar-refractivity contribution in [1.82, 2.24) is 0 Å². The van der Waals surface area contributed by atoms with Gasteiger partial charge in [-0.2, -0.15) is 8.42 Å². The SMILES string of the molecule is CC(=O)O[C@H]1CC[C@](C)(C2CC[C@]3(C)C(=O)CCC3[C@@H]2CCOS(C)(=O)=O)C(=O)C1. The monoisotopic (exact) mass is 442 g/mol. The van der Waals surface area contributed by atoms with Gasteiger partial charge in [0.2, 0.25) is 0 Å². The van der Waals surface area contributed by atoms with E-state index in [-0.39, 0.29) is 59.8 Å². The van der Waals surface area contributed by atoms with Crippen LogP contribution in [-0.4, -0.2) is 44.9 Å². The lowest BCUT2D eigenvalue weighted by molar-refractivity contribution is -0.157. The molecule has 170 valence electrons. The summed E-state index contributed by atoms with van der Waals surface area (Å²) in [6.07, 6.45) is 5.56. The highest BCUT2D eigenvalue weighted by molar-refractivity contribution is 7.85. The molecule has 7 nitrogen and oxygen atoms in total. The first-order valence-corrected chi connectivity index (χ1v) is 12.8. The fourth-order valence-corrected chi connectivity index (χ4v) is 6.86. The number of esters is 1.